The second-order valence-electron chi connectivity index (χ2n) is 8.20. The number of carbonyl (C=O) groups excluding carboxylic acids is 2. The molecule has 33 heavy (non-hydrogen) atoms. The van der Waals surface area contributed by atoms with Crippen molar-refractivity contribution in [2.24, 2.45) is 0 Å². The first-order valence-corrected chi connectivity index (χ1v) is 11.6. The molecule has 0 aliphatic heterocycles. The summed E-state index contributed by atoms with van der Waals surface area (Å²) in [5.74, 6) is -0.340. The zero-order valence-corrected chi connectivity index (χ0v) is 20.6. The van der Waals surface area contributed by atoms with E-state index in [0.717, 1.165) is 27.8 Å². The van der Waals surface area contributed by atoms with E-state index in [4.69, 9.17) is 23.2 Å². The maximum Gasteiger partial charge on any atom is 0.242 e. The fraction of sp³-hybridized carbons (Fsp3) is 0.259. The highest BCUT2D eigenvalue weighted by Crippen LogP contribution is 2.25. The van der Waals surface area contributed by atoms with Gasteiger partial charge in [0, 0.05) is 20.0 Å². The third-order valence-electron chi connectivity index (χ3n) is 5.70. The molecule has 6 heteroatoms. The Morgan fingerprint density at radius 1 is 0.909 bits per heavy atom. The Kier molecular flexibility index (Phi) is 8.54. The number of hydrogen-bond acceptors (Lipinski definition) is 2. The van der Waals surface area contributed by atoms with Crippen LogP contribution in [-0.2, 0) is 29.0 Å². The largest absolute Gasteiger partial charge is 0.357 e. The summed E-state index contributed by atoms with van der Waals surface area (Å²) in [5, 5.41) is 3.59. The minimum absolute atomic E-state index is 0.126. The molecule has 0 bridgehead atoms. The van der Waals surface area contributed by atoms with Gasteiger partial charge < -0.3 is 10.2 Å². The van der Waals surface area contributed by atoms with Gasteiger partial charge in [0.15, 0.2) is 0 Å². The van der Waals surface area contributed by atoms with E-state index < -0.39 is 6.04 Å². The molecule has 4 nitrogen and oxygen atoms in total. The number of aryl methyl sites for hydroxylation is 2. The van der Waals surface area contributed by atoms with Crippen molar-refractivity contribution in [2.75, 3.05) is 7.05 Å². The molecular weight excluding hydrogens is 455 g/mol. The molecule has 1 N–H and O–H groups in total. The molecule has 3 aromatic carbocycles. The molecule has 0 saturated carbocycles. The fourth-order valence-corrected chi connectivity index (χ4v) is 4.13. The lowest BCUT2D eigenvalue weighted by Gasteiger charge is -2.31. The Hall–Kier alpha value is -2.82. The van der Waals surface area contributed by atoms with Crippen LogP contribution in [0.3, 0.4) is 0 Å². The van der Waals surface area contributed by atoms with Gasteiger partial charge in [-0.1, -0.05) is 83.4 Å². The third-order valence-corrected chi connectivity index (χ3v) is 6.44. The Balaban J connectivity index is 1.98. The topological polar surface area (TPSA) is 49.4 Å². The van der Waals surface area contributed by atoms with Crippen LogP contribution in [-0.4, -0.2) is 29.8 Å². The third kappa shape index (κ3) is 6.59. The summed E-state index contributed by atoms with van der Waals surface area (Å²) in [6.45, 7) is 4.24. The summed E-state index contributed by atoms with van der Waals surface area (Å²) >= 11 is 12.3. The molecule has 0 spiro atoms. The predicted octanol–water partition coefficient (Wildman–Crippen LogP) is 5.54. The van der Waals surface area contributed by atoms with Gasteiger partial charge in [0.2, 0.25) is 11.8 Å². The van der Waals surface area contributed by atoms with Gasteiger partial charge in [-0.15, -0.1) is 0 Å². The molecule has 0 unspecified atom stereocenters. The van der Waals surface area contributed by atoms with E-state index in [1.54, 1.807) is 24.1 Å². The van der Waals surface area contributed by atoms with Crippen molar-refractivity contribution in [1.29, 1.82) is 0 Å². The number of halogens is 2. The van der Waals surface area contributed by atoms with Crippen molar-refractivity contribution in [1.82, 2.24) is 10.2 Å². The van der Waals surface area contributed by atoms with E-state index in [2.05, 4.69) is 5.32 Å². The lowest BCUT2D eigenvalue weighted by Crippen LogP contribution is -2.50. The van der Waals surface area contributed by atoms with Crippen molar-refractivity contribution in [2.45, 2.75) is 39.3 Å². The molecular formula is C27H28Cl2N2O2. The molecule has 0 aromatic heterocycles. The Morgan fingerprint density at radius 2 is 1.64 bits per heavy atom. The molecule has 0 fully saturated rings. The van der Waals surface area contributed by atoms with Crippen LogP contribution in [0.1, 0.15) is 27.8 Å². The molecule has 0 aliphatic carbocycles. The van der Waals surface area contributed by atoms with E-state index in [1.807, 2.05) is 68.4 Å². The van der Waals surface area contributed by atoms with E-state index in [1.165, 1.54) is 0 Å². The number of rotatable bonds is 8. The van der Waals surface area contributed by atoms with Gasteiger partial charge in [-0.3, -0.25) is 9.59 Å². The van der Waals surface area contributed by atoms with Crippen LogP contribution < -0.4 is 5.32 Å². The molecule has 0 heterocycles. The number of benzene rings is 3. The van der Waals surface area contributed by atoms with Crippen molar-refractivity contribution in [3.8, 4) is 0 Å². The molecule has 3 rings (SSSR count). The van der Waals surface area contributed by atoms with Crippen LogP contribution in [0.5, 0.6) is 0 Å². The van der Waals surface area contributed by atoms with Crippen LogP contribution in [0.15, 0.2) is 66.7 Å². The second kappa shape index (κ2) is 11.4. The van der Waals surface area contributed by atoms with Gasteiger partial charge in [0.1, 0.15) is 6.04 Å². The molecule has 0 saturated heterocycles. The maximum absolute atomic E-state index is 13.7. The van der Waals surface area contributed by atoms with Gasteiger partial charge in [0.25, 0.3) is 0 Å². The van der Waals surface area contributed by atoms with Crippen molar-refractivity contribution < 1.29 is 9.59 Å². The highest BCUT2D eigenvalue weighted by molar-refractivity contribution is 6.42. The molecule has 0 radical (unpaired) electrons. The fourth-order valence-electron chi connectivity index (χ4n) is 3.81. The lowest BCUT2D eigenvalue weighted by molar-refractivity contribution is -0.140. The first-order chi connectivity index (χ1) is 15.8. The Labute approximate surface area is 205 Å². The van der Waals surface area contributed by atoms with Gasteiger partial charge in [-0.2, -0.15) is 0 Å². The number of likely N-dealkylation sites (N-methyl/N-ethyl adjacent to an activating group) is 1. The number of nitrogens with one attached hydrogen (secondary N) is 1. The Bertz CT molecular complexity index is 1130. The summed E-state index contributed by atoms with van der Waals surface area (Å²) in [7, 11) is 1.59. The zero-order chi connectivity index (χ0) is 24.0. The maximum atomic E-state index is 13.7. The van der Waals surface area contributed by atoms with Gasteiger partial charge in [-0.05, 0) is 48.2 Å². The molecule has 172 valence electrons. The predicted molar refractivity (Wildman–Crippen MR) is 135 cm³/mol. The molecule has 2 amide bonds. The normalized spacial score (nSPS) is 11.7. The van der Waals surface area contributed by atoms with Crippen LogP contribution in [0, 0.1) is 13.8 Å². The average Bonchev–Trinajstić information content (AvgIpc) is 2.81. The summed E-state index contributed by atoms with van der Waals surface area (Å²) in [6.07, 6.45) is 0.609. The van der Waals surface area contributed by atoms with Crippen LogP contribution in [0.4, 0.5) is 0 Å². The molecule has 1 atom stereocenters. The van der Waals surface area contributed by atoms with Crippen LogP contribution in [0.2, 0.25) is 10.0 Å². The quantitative estimate of drug-likeness (QED) is 0.458. The van der Waals surface area contributed by atoms with Gasteiger partial charge >= 0.3 is 0 Å². The van der Waals surface area contributed by atoms with Gasteiger partial charge in [-0.25, -0.2) is 0 Å². The van der Waals surface area contributed by atoms with Gasteiger partial charge in [0.05, 0.1) is 16.5 Å². The second-order valence-corrected chi connectivity index (χ2v) is 9.01. The summed E-state index contributed by atoms with van der Waals surface area (Å²) in [4.78, 5) is 28.3. The SMILES string of the molecule is CNC(=O)[C@H](Cc1ccccc1)N(Cc1ccc(Cl)c(Cl)c1)C(=O)Cc1cc(C)ccc1C. The highest BCUT2D eigenvalue weighted by atomic mass is 35.5. The Morgan fingerprint density at radius 3 is 2.30 bits per heavy atom. The number of carbonyl (C=O) groups is 2. The summed E-state index contributed by atoms with van der Waals surface area (Å²) in [5.41, 5.74) is 4.87. The lowest BCUT2D eigenvalue weighted by atomic mass is 9.99. The number of amides is 2. The number of nitrogens with zero attached hydrogens (tertiary/aromatic N) is 1. The van der Waals surface area contributed by atoms with E-state index in [-0.39, 0.29) is 24.8 Å². The zero-order valence-electron chi connectivity index (χ0n) is 19.1. The van der Waals surface area contributed by atoms with E-state index in [9.17, 15) is 9.59 Å². The van der Waals surface area contributed by atoms with Crippen molar-refractivity contribution in [3.05, 3.63) is 105 Å². The smallest absolute Gasteiger partial charge is 0.242 e. The average molecular weight is 483 g/mol. The first-order valence-electron chi connectivity index (χ1n) is 10.8. The van der Waals surface area contributed by atoms with E-state index >= 15 is 0 Å². The summed E-state index contributed by atoms with van der Waals surface area (Å²) in [6, 6.07) is 20.4. The van der Waals surface area contributed by atoms with Crippen LogP contribution in [0.25, 0.3) is 0 Å². The highest BCUT2D eigenvalue weighted by Gasteiger charge is 2.30. The molecule has 3 aromatic rings. The monoisotopic (exact) mass is 482 g/mol. The number of hydrogen-bond donors (Lipinski definition) is 1. The van der Waals surface area contributed by atoms with Crippen LogP contribution >= 0.6 is 23.2 Å². The first kappa shape index (κ1) is 24.8. The van der Waals surface area contributed by atoms with Crippen molar-refractivity contribution in [3.63, 3.8) is 0 Å². The molecule has 0 aliphatic rings. The van der Waals surface area contributed by atoms with Crippen molar-refractivity contribution >= 4 is 35.0 Å². The minimum atomic E-state index is -0.676. The van der Waals surface area contributed by atoms with E-state index in [0.29, 0.717) is 16.5 Å². The summed E-state index contributed by atoms with van der Waals surface area (Å²) < 4.78 is 0. The minimum Gasteiger partial charge on any atom is -0.357 e. The standard InChI is InChI=1S/C27H28Cl2N2O2/c1-18-9-10-19(2)22(13-18)16-26(32)31(17-21-11-12-23(28)24(29)14-21)25(27(33)30-3)15-20-7-5-4-6-8-20/h4-14,25H,15-17H2,1-3H3,(H,30,33)/t25-/m0/s1.